The lowest BCUT2D eigenvalue weighted by Gasteiger charge is -2.20. The van der Waals surface area contributed by atoms with Crippen LogP contribution in [-0.2, 0) is 4.74 Å². The van der Waals surface area contributed by atoms with Gasteiger partial charge in [0.1, 0.15) is 11.9 Å². The molecule has 0 radical (unpaired) electrons. The van der Waals surface area contributed by atoms with Gasteiger partial charge in [-0.15, -0.1) is 0 Å². The molecule has 2 rings (SSSR count). The van der Waals surface area contributed by atoms with E-state index in [1.165, 1.54) is 6.08 Å². The second-order valence-corrected chi connectivity index (χ2v) is 5.24. The van der Waals surface area contributed by atoms with Gasteiger partial charge >= 0.3 is 6.18 Å². The van der Waals surface area contributed by atoms with Gasteiger partial charge in [0, 0.05) is 6.42 Å². The molecule has 0 fully saturated rings. The molecule has 0 saturated carbocycles. The summed E-state index contributed by atoms with van der Waals surface area (Å²) in [6, 6.07) is 9.68. The Labute approximate surface area is 134 Å². The summed E-state index contributed by atoms with van der Waals surface area (Å²) < 4.78 is 44.2. The van der Waals surface area contributed by atoms with Gasteiger partial charge in [0.05, 0.1) is 5.57 Å². The largest absolute Gasteiger partial charge is 0.486 e. The van der Waals surface area contributed by atoms with E-state index in [2.05, 4.69) is 5.32 Å². The molecule has 1 aromatic rings. The van der Waals surface area contributed by atoms with Gasteiger partial charge in [0.2, 0.25) is 0 Å². The monoisotopic (exact) mass is 323 g/mol. The smallest absolute Gasteiger partial charge is 0.416 e. The van der Waals surface area contributed by atoms with Crippen molar-refractivity contribution < 1.29 is 17.9 Å². The second-order valence-electron chi connectivity index (χ2n) is 5.24. The van der Waals surface area contributed by atoms with Crippen LogP contribution in [0.2, 0.25) is 0 Å². The molecule has 23 heavy (non-hydrogen) atoms. The van der Waals surface area contributed by atoms with E-state index in [4.69, 9.17) is 4.74 Å². The molecule has 0 saturated heterocycles. The third kappa shape index (κ3) is 5.28. The van der Waals surface area contributed by atoms with Crippen LogP contribution in [0.3, 0.4) is 0 Å². The summed E-state index contributed by atoms with van der Waals surface area (Å²) in [6.07, 6.45) is 1.69. The number of nitrogens with one attached hydrogen (secondary N) is 1. The van der Waals surface area contributed by atoms with Gasteiger partial charge in [-0.05, 0) is 43.8 Å². The van der Waals surface area contributed by atoms with Crippen LogP contribution >= 0.6 is 0 Å². The fraction of sp³-hybridized carbons (Fsp3) is 0.333. The molecule has 1 unspecified atom stereocenters. The highest BCUT2D eigenvalue weighted by Crippen LogP contribution is 2.30. The SMILES string of the molecule is CNCCC(OC1=CCC=C(C(F)(F)F)C=C1)c1ccccc1. The number of benzene rings is 1. The first-order valence-electron chi connectivity index (χ1n) is 7.52. The first kappa shape index (κ1) is 17.3. The minimum atomic E-state index is -4.33. The van der Waals surface area contributed by atoms with Crippen molar-refractivity contribution in [2.24, 2.45) is 0 Å². The van der Waals surface area contributed by atoms with E-state index in [1.54, 1.807) is 6.08 Å². The number of ether oxygens (including phenoxy) is 1. The van der Waals surface area contributed by atoms with Crippen molar-refractivity contribution in [1.82, 2.24) is 5.32 Å². The quantitative estimate of drug-likeness (QED) is 0.820. The zero-order chi connectivity index (χ0) is 16.7. The van der Waals surface area contributed by atoms with Gasteiger partial charge in [-0.1, -0.05) is 36.4 Å². The number of hydrogen-bond acceptors (Lipinski definition) is 2. The highest BCUT2D eigenvalue weighted by Gasteiger charge is 2.31. The number of allylic oxidation sites excluding steroid dienone is 5. The topological polar surface area (TPSA) is 21.3 Å². The molecule has 0 bridgehead atoms. The van der Waals surface area contributed by atoms with Gasteiger partial charge in [0.15, 0.2) is 0 Å². The molecule has 0 heterocycles. The zero-order valence-electron chi connectivity index (χ0n) is 12.9. The molecule has 1 N–H and O–H groups in total. The lowest BCUT2D eigenvalue weighted by atomic mass is 10.1. The predicted molar refractivity (Wildman–Crippen MR) is 84.8 cm³/mol. The Morgan fingerprint density at radius 1 is 1.13 bits per heavy atom. The summed E-state index contributed by atoms with van der Waals surface area (Å²) in [5.41, 5.74) is 0.365. The maximum absolute atomic E-state index is 12.8. The molecular formula is C18H20F3NO. The molecular weight excluding hydrogens is 303 g/mol. The van der Waals surface area contributed by atoms with Gasteiger partial charge in [-0.2, -0.15) is 13.2 Å². The van der Waals surface area contributed by atoms with Gasteiger partial charge in [-0.3, -0.25) is 0 Å². The second kappa shape index (κ2) is 8.02. The van der Waals surface area contributed by atoms with Crippen LogP contribution in [0, 0.1) is 0 Å². The highest BCUT2D eigenvalue weighted by molar-refractivity contribution is 5.33. The van der Waals surface area contributed by atoms with Crippen molar-refractivity contribution in [3.05, 3.63) is 71.5 Å². The van der Waals surface area contributed by atoms with E-state index in [9.17, 15) is 13.2 Å². The standard InChI is InChI=1S/C18H20F3NO/c1-22-13-12-17(14-6-3-2-4-7-14)23-16-9-5-8-15(10-11-16)18(19,20)21/h2-4,6-11,17,22H,5,12-13H2,1H3. The van der Waals surface area contributed by atoms with Gasteiger partial charge in [0.25, 0.3) is 0 Å². The van der Waals surface area contributed by atoms with E-state index in [-0.39, 0.29) is 12.5 Å². The van der Waals surface area contributed by atoms with Crippen molar-refractivity contribution in [3.63, 3.8) is 0 Å². The van der Waals surface area contributed by atoms with Gasteiger partial charge < -0.3 is 10.1 Å². The molecule has 124 valence electrons. The summed E-state index contributed by atoms with van der Waals surface area (Å²) in [5.74, 6) is 0.463. The maximum atomic E-state index is 12.8. The van der Waals surface area contributed by atoms with Crippen LogP contribution in [0.1, 0.15) is 24.5 Å². The summed E-state index contributed by atoms with van der Waals surface area (Å²) in [6.45, 7) is 0.753. The number of rotatable bonds is 6. The fourth-order valence-electron chi connectivity index (χ4n) is 2.31. The molecule has 5 heteroatoms. The van der Waals surface area contributed by atoms with Gasteiger partial charge in [-0.25, -0.2) is 0 Å². The zero-order valence-corrected chi connectivity index (χ0v) is 12.9. The van der Waals surface area contributed by atoms with E-state index in [0.717, 1.165) is 30.7 Å². The minimum absolute atomic E-state index is 0.199. The summed E-state index contributed by atoms with van der Waals surface area (Å²) in [5, 5.41) is 3.07. The number of hydrogen-bond donors (Lipinski definition) is 1. The van der Waals surface area contributed by atoms with Crippen LogP contribution in [0.5, 0.6) is 0 Å². The van der Waals surface area contributed by atoms with Crippen molar-refractivity contribution in [3.8, 4) is 0 Å². The third-order valence-electron chi connectivity index (χ3n) is 3.52. The number of halogens is 3. The van der Waals surface area contributed by atoms with E-state index < -0.39 is 11.7 Å². The molecule has 0 spiro atoms. The van der Waals surface area contributed by atoms with Crippen molar-refractivity contribution in [2.45, 2.75) is 25.1 Å². The lowest BCUT2D eigenvalue weighted by Crippen LogP contribution is -2.14. The van der Waals surface area contributed by atoms with Crippen molar-refractivity contribution in [1.29, 1.82) is 0 Å². The minimum Gasteiger partial charge on any atom is -0.486 e. The third-order valence-corrected chi connectivity index (χ3v) is 3.52. The molecule has 1 atom stereocenters. The van der Waals surface area contributed by atoms with Crippen molar-refractivity contribution >= 4 is 0 Å². The maximum Gasteiger partial charge on any atom is 0.416 e. The Bertz CT molecular complexity index is 588. The van der Waals surface area contributed by atoms with Crippen LogP contribution < -0.4 is 5.32 Å². The first-order chi connectivity index (χ1) is 11.0. The average molecular weight is 323 g/mol. The summed E-state index contributed by atoms with van der Waals surface area (Å²) in [7, 11) is 1.85. The fourth-order valence-corrected chi connectivity index (χ4v) is 2.31. The highest BCUT2D eigenvalue weighted by atomic mass is 19.4. The Kier molecular flexibility index (Phi) is 6.04. The molecule has 2 nitrogen and oxygen atoms in total. The molecule has 0 aliphatic heterocycles. The molecule has 1 aromatic carbocycles. The molecule has 0 aromatic heterocycles. The first-order valence-corrected chi connectivity index (χ1v) is 7.52. The summed E-state index contributed by atoms with van der Waals surface area (Å²) in [4.78, 5) is 0. The molecule has 0 amide bonds. The van der Waals surface area contributed by atoms with E-state index in [0.29, 0.717) is 5.76 Å². The van der Waals surface area contributed by atoms with Crippen molar-refractivity contribution in [2.75, 3.05) is 13.6 Å². The normalized spacial score (nSPS) is 16.3. The van der Waals surface area contributed by atoms with Crippen LogP contribution in [0.4, 0.5) is 13.2 Å². The molecule has 1 aliphatic rings. The Morgan fingerprint density at radius 2 is 1.87 bits per heavy atom. The molecule has 1 aliphatic carbocycles. The predicted octanol–water partition coefficient (Wildman–Crippen LogP) is 4.69. The van der Waals surface area contributed by atoms with Crippen LogP contribution in [0.15, 0.2) is 66.0 Å². The Hall–Kier alpha value is -2.01. The van der Waals surface area contributed by atoms with Crippen LogP contribution in [-0.4, -0.2) is 19.8 Å². The summed E-state index contributed by atoms with van der Waals surface area (Å²) >= 11 is 0. The lowest BCUT2D eigenvalue weighted by molar-refractivity contribution is -0.0883. The Balaban J connectivity index is 2.10. The Morgan fingerprint density at radius 3 is 2.52 bits per heavy atom. The van der Waals surface area contributed by atoms with Crippen LogP contribution in [0.25, 0.3) is 0 Å². The van der Waals surface area contributed by atoms with E-state index in [1.807, 2.05) is 37.4 Å². The van der Waals surface area contributed by atoms with E-state index >= 15 is 0 Å². The number of alkyl halides is 3. The average Bonchev–Trinajstić information content (AvgIpc) is 2.77.